The zero-order valence-electron chi connectivity index (χ0n) is 11.7. The van der Waals surface area contributed by atoms with Crippen molar-refractivity contribution in [3.8, 4) is 0 Å². The Bertz CT molecular complexity index is 868. The molecule has 0 aliphatic rings. The average Bonchev–Trinajstić information content (AvgIpc) is 2.49. The molecule has 2 rings (SSSR count). The Hall–Kier alpha value is -1.12. The molecule has 2 aromatic rings. The molecule has 1 aromatic carbocycles. The number of nitrogens with zero attached hydrogens (tertiary/aromatic N) is 2. The third kappa shape index (κ3) is 4.68. The Labute approximate surface area is 148 Å². The highest BCUT2D eigenvalue weighted by Gasteiger charge is 2.19. The maximum atomic E-state index is 12.2. The van der Waals surface area contributed by atoms with Crippen molar-refractivity contribution >= 4 is 44.8 Å². The number of nitrogens with one attached hydrogen (secondary N) is 1. The molecule has 0 aliphatic carbocycles. The lowest BCUT2D eigenvalue weighted by atomic mass is 10.4. The minimum atomic E-state index is -3.83. The van der Waals surface area contributed by atoms with E-state index in [1.165, 1.54) is 35.1 Å². The Kier molecular flexibility index (Phi) is 6.05. The number of benzene rings is 1. The first-order valence-corrected chi connectivity index (χ1v) is 9.09. The van der Waals surface area contributed by atoms with Crippen LogP contribution in [0, 0.1) is 0 Å². The summed E-state index contributed by atoms with van der Waals surface area (Å²) in [5.74, 6) is 0. The van der Waals surface area contributed by atoms with Crippen molar-refractivity contribution in [1.82, 2.24) is 14.5 Å². The fourth-order valence-electron chi connectivity index (χ4n) is 1.78. The van der Waals surface area contributed by atoms with Crippen LogP contribution in [0.4, 0.5) is 0 Å². The molecule has 0 unspecified atom stereocenters. The molecule has 0 atom stereocenters. The van der Waals surface area contributed by atoms with Crippen LogP contribution in [0.2, 0.25) is 15.1 Å². The highest BCUT2D eigenvalue weighted by atomic mass is 35.5. The van der Waals surface area contributed by atoms with Gasteiger partial charge >= 0.3 is 0 Å². The molecule has 6 nitrogen and oxygen atoms in total. The molecule has 1 heterocycles. The van der Waals surface area contributed by atoms with Crippen LogP contribution in [-0.4, -0.2) is 24.7 Å². The van der Waals surface area contributed by atoms with Crippen LogP contribution in [0.5, 0.6) is 0 Å². The van der Waals surface area contributed by atoms with Crippen molar-refractivity contribution in [2.24, 2.45) is 0 Å². The van der Waals surface area contributed by atoms with Gasteiger partial charge in [0, 0.05) is 25.4 Å². The quantitative estimate of drug-likeness (QED) is 0.601. The zero-order valence-corrected chi connectivity index (χ0v) is 14.8. The summed E-state index contributed by atoms with van der Waals surface area (Å²) >= 11 is 17.5. The largest absolute Gasteiger partial charge is 0.268 e. The first-order chi connectivity index (χ1) is 10.8. The molecule has 124 valence electrons. The summed E-state index contributed by atoms with van der Waals surface area (Å²) in [6.07, 6.45) is 1.87. The average molecular weight is 397 g/mol. The summed E-state index contributed by atoms with van der Waals surface area (Å²) in [6.45, 7) is 0.402. The van der Waals surface area contributed by atoms with Crippen molar-refractivity contribution in [2.75, 3.05) is 6.54 Å². The van der Waals surface area contributed by atoms with Gasteiger partial charge in [0.15, 0.2) is 0 Å². The van der Waals surface area contributed by atoms with Gasteiger partial charge in [-0.15, -0.1) is 0 Å². The van der Waals surface area contributed by atoms with Gasteiger partial charge in [0.05, 0.1) is 15.1 Å². The van der Waals surface area contributed by atoms with E-state index in [0.29, 0.717) is 6.42 Å². The van der Waals surface area contributed by atoms with Crippen molar-refractivity contribution in [3.05, 3.63) is 55.9 Å². The predicted octanol–water partition coefficient (Wildman–Crippen LogP) is 2.57. The van der Waals surface area contributed by atoms with Gasteiger partial charge in [-0.05, 0) is 24.6 Å². The molecule has 0 radical (unpaired) electrons. The monoisotopic (exact) mass is 395 g/mol. The van der Waals surface area contributed by atoms with E-state index in [1.807, 2.05) is 0 Å². The first-order valence-electron chi connectivity index (χ1n) is 6.47. The Morgan fingerprint density at radius 3 is 2.52 bits per heavy atom. The molecule has 23 heavy (non-hydrogen) atoms. The van der Waals surface area contributed by atoms with Crippen LogP contribution in [-0.2, 0) is 16.6 Å². The molecular formula is C13H12Cl3N3O3S. The molecule has 1 aromatic heterocycles. The van der Waals surface area contributed by atoms with Crippen LogP contribution in [0.3, 0.4) is 0 Å². The molecule has 1 N–H and O–H groups in total. The van der Waals surface area contributed by atoms with Crippen LogP contribution in [0.25, 0.3) is 0 Å². The van der Waals surface area contributed by atoms with Gasteiger partial charge in [0.25, 0.3) is 5.56 Å². The number of hydrogen-bond donors (Lipinski definition) is 1. The van der Waals surface area contributed by atoms with Gasteiger partial charge in [-0.1, -0.05) is 34.8 Å². The third-order valence-electron chi connectivity index (χ3n) is 2.89. The lowest BCUT2D eigenvalue weighted by Crippen LogP contribution is -2.28. The number of hydrogen-bond acceptors (Lipinski definition) is 4. The molecular weight excluding hydrogens is 385 g/mol. The maximum absolute atomic E-state index is 12.2. The van der Waals surface area contributed by atoms with E-state index in [2.05, 4.69) is 9.82 Å². The second-order valence-corrected chi connectivity index (χ2v) is 7.49. The third-order valence-corrected chi connectivity index (χ3v) is 5.54. The molecule has 0 fully saturated rings. The van der Waals surface area contributed by atoms with Crippen LogP contribution in [0.15, 0.2) is 40.2 Å². The molecule has 0 bridgehead atoms. The maximum Gasteiger partial charge on any atom is 0.266 e. The van der Waals surface area contributed by atoms with E-state index < -0.39 is 10.0 Å². The van der Waals surface area contributed by atoms with Crippen LogP contribution in [0.1, 0.15) is 6.42 Å². The van der Waals surface area contributed by atoms with E-state index in [4.69, 9.17) is 34.8 Å². The van der Waals surface area contributed by atoms with E-state index in [1.54, 1.807) is 0 Å². The summed E-state index contributed by atoms with van der Waals surface area (Å²) in [4.78, 5) is 11.3. The van der Waals surface area contributed by atoms with Gasteiger partial charge in [-0.25, -0.2) is 17.8 Å². The minimum Gasteiger partial charge on any atom is -0.268 e. The normalized spacial score (nSPS) is 11.6. The highest BCUT2D eigenvalue weighted by Crippen LogP contribution is 2.31. The number of rotatable bonds is 6. The molecule has 10 heteroatoms. The van der Waals surface area contributed by atoms with E-state index in [9.17, 15) is 13.2 Å². The highest BCUT2D eigenvalue weighted by molar-refractivity contribution is 7.89. The van der Waals surface area contributed by atoms with Gasteiger partial charge in [-0.2, -0.15) is 5.10 Å². The predicted molar refractivity (Wildman–Crippen MR) is 89.8 cm³/mol. The van der Waals surface area contributed by atoms with Crippen molar-refractivity contribution in [3.63, 3.8) is 0 Å². The standard InChI is InChI=1S/C13H12Cl3N3O3S/c14-9-7-11(16)12(8-10(9)15)23(21,22)18-5-2-6-19-13(20)3-1-4-17-19/h1,3-4,7-8,18H,2,5-6H2. The number of aromatic nitrogens is 2. The molecule has 0 amide bonds. The summed E-state index contributed by atoms with van der Waals surface area (Å²) in [7, 11) is -3.83. The SMILES string of the molecule is O=c1cccnn1CCCNS(=O)(=O)c1cc(Cl)c(Cl)cc1Cl. The second kappa shape index (κ2) is 7.63. The summed E-state index contributed by atoms with van der Waals surface area (Å²) < 4.78 is 28.1. The van der Waals surface area contributed by atoms with Crippen molar-refractivity contribution in [2.45, 2.75) is 17.9 Å². The van der Waals surface area contributed by atoms with Gasteiger partial charge in [0.1, 0.15) is 4.90 Å². The topological polar surface area (TPSA) is 81.1 Å². The number of halogens is 3. The van der Waals surface area contributed by atoms with Gasteiger partial charge in [-0.3, -0.25) is 4.79 Å². The molecule has 0 saturated heterocycles. The summed E-state index contributed by atoms with van der Waals surface area (Å²) in [6, 6.07) is 5.38. The van der Waals surface area contributed by atoms with E-state index in [0.717, 1.165) is 0 Å². The van der Waals surface area contributed by atoms with Gasteiger partial charge < -0.3 is 0 Å². The summed E-state index contributed by atoms with van der Waals surface area (Å²) in [5, 5.41) is 4.12. The lowest BCUT2D eigenvalue weighted by molar-refractivity contribution is 0.535. The zero-order chi connectivity index (χ0) is 17.0. The van der Waals surface area contributed by atoms with Gasteiger partial charge in [0.2, 0.25) is 10.0 Å². The first kappa shape index (κ1) is 18.2. The molecule has 0 spiro atoms. The number of sulfonamides is 1. The lowest BCUT2D eigenvalue weighted by Gasteiger charge is -2.10. The van der Waals surface area contributed by atoms with Crippen molar-refractivity contribution < 1.29 is 8.42 Å². The minimum absolute atomic E-state index is 0.0205. The molecule has 0 aliphatic heterocycles. The Balaban J connectivity index is 2.01. The summed E-state index contributed by atoms with van der Waals surface area (Å²) in [5.41, 5.74) is -0.247. The molecule has 0 saturated carbocycles. The van der Waals surface area contributed by atoms with E-state index in [-0.39, 0.29) is 38.6 Å². The fraction of sp³-hybridized carbons (Fsp3) is 0.231. The Morgan fingerprint density at radius 1 is 1.13 bits per heavy atom. The Morgan fingerprint density at radius 2 is 1.83 bits per heavy atom. The second-order valence-electron chi connectivity index (χ2n) is 4.53. The smallest absolute Gasteiger partial charge is 0.266 e. The van der Waals surface area contributed by atoms with Crippen LogP contribution >= 0.6 is 34.8 Å². The number of aryl methyl sites for hydroxylation is 1. The van der Waals surface area contributed by atoms with E-state index >= 15 is 0 Å². The van der Waals surface area contributed by atoms with Crippen molar-refractivity contribution in [1.29, 1.82) is 0 Å². The van der Waals surface area contributed by atoms with Crippen LogP contribution < -0.4 is 10.3 Å². The fourth-order valence-corrected chi connectivity index (χ4v) is 3.85.